The zero-order chi connectivity index (χ0) is 18.9. The van der Waals surface area contributed by atoms with Gasteiger partial charge in [-0.3, -0.25) is 4.79 Å². The summed E-state index contributed by atoms with van der Waals surface area (Å²) in [6.07, 6.45) is 9.53. The van der Waals surface area contributed by atoms with E-state index in [2.05, 4.69) is 5.32 Å². The summed E-state index contributed by atoms with van der Waals surface area (Å²) >= 11 is 0. The Balaban J connectivity index is 1.55. The lowest BCUT2D eigenvalue weighted by Crippen LogP contribution is -2.52. The summed E-state index contributed by atoms with van der Waals surface area (Å²) in [7, 11) is 0. The number of aromatic nitrogens is 1. The molecule has 0 radical (unpaired) electrons. The maximum absolute atomic E-state index is 13.0. The molecule has 27 heavy (non-hydrogen) atoms. The van der Waals surface area contributed by atoms with Gasteiger partial charge in [-0.2, -0.15) is 0 Å². The zero-order valence-corrected chi connectivity index (χ0v) is 16.2. The third-order valence-electron chi connectivity index (χ3n) is 6.09. The van der Waals surface area contributed by atoms with Gasteiger partial charge in [0.2, 0.25) is 0 Å². The lowest BCUT2D eigenvalue weighted by atomic mass is 10.00. The van der Waals surface area contributed by atoms with Gasteiger partial charge in [0.25, 0.3) is 5.91 Å². The molecule has 1 aromatic carbocycles. The Morgan fingerprint density at radius 3 is 2.67 bits per heavy atom. The zero-order valence-electron chi connectivity index (χ0n) is 16.2. The van der Waals surface area contributed by atoms with Crippen molar-refractivity contribution in [1.82, 2.24) is 9.88 Å². The number of hydrogen-bond donors (Lipinski definition) is 2. The highest BCUT2D eigenvalue weighted by Crippen LogP contribution is 2.29. The van der Waals surface area contributed by atoms with E-state index in [4.69, 9.17) is 4.74 Å². The summed E-state index contributed by atoms with van der Waals surface area (Å²) in [6.45, 7) is 3.94. The van der Waals surface area contributed by atoms with Gasteiger partial charge in [-0.15, -0.1) is 0 Å². The van der Waals surface area contributed by atoms with Gasteiger partial charge in [0.15, 0.2) is 0 Å². The first kappa shape index (κ1) is 18.5. The highest BCUT2D eigenvalue weighted by atomic mass is 16.5. The molecule has 0 bridgehead atoms. The summed E-state index contributed by atoms with van der Waals surface area (Å²) in [5, 5.41) is 14.7. The quantitative estimate of drug-likeness (QED) is 0.793. The van der Waals surface area contributed by atoms with Crippen molar-refractivity contribution < 1.29 is 14.6 Å². The van der Waals surface area contributed by atoms with Crippen molar-refractivity contribution in [2.24, 2.45) is 5.92 Å². The van der Waals surface area contributed by atoms with Crippen LogP contribution in [-0.2, 0) is 11.3 Å². The number of nitrogens with one attached hydrogen (secondary N) is 1. The van der Waals surface area contributed by atoms with Gasteiger partial charge in [-0.25, -0.2) is 0 Å². The van der Waals surface area contributed by atoms with Gasteiger partial charge < -0.3 is 19.7 Å². The fraction of sp³-hybridized carbons (Fsp3) is 0.591. The molecule has 1 amide bonds. The van der Waals surface area contributed by atoms with Crippen LogP contribution < -0.4 is 5.32 Å². The maximum Gasteiger partial charge on any atom is 0.253 e. The molecule has 2 N–H and O–H groups in total. The fourth-order valence-corrected chi connectivity index (χ4v) is 4.48. The topological polar surface area (TPSA) is 63.5 Å². The van der Waals surface area contributed by atoms with Crippen LogP contribution in [0.2, 0.25) is 0 Å². The number of aryl methyl sites for hydroxylation is 1. The van der Waals surface area contributed by atoms with E-state index in [1.165, 1.54) is 38.5 Å². The van der Waals surface area contributed by atoms with Crippen LogP contribution in [0.3, 0.4) is 0 Å². The molecule has 0 atom stereocenters. The van der Waals surface area contributed by atoms with Crippen LogP contribution in [0.4, 0.5) is 0 Å². The molecule has 1 aromatic heterocycles. The Morgan fingerprint density at radius 2 is 2.00 bits per heavy atom. The van der Waals surface area contributed by atoms with Crippen LogP contribution >= 0.6 is 0 Å². The minimum absolute atomic E-state index is 0.00542. The number of carbonyl (C=O) groups excluding carboxylic acids is 1. The fourth-order valence-electron chi connectivity index (χ4n) is 4.48. The monoisotopic (exact) mass is 370 g/mol. The van der Waals surface area contributed by atoms with Crippen molar-refractivity contribution in [3.05, 3.63) is 35.5 Å². The highest BCUT2D eigenvalue weighted by molar-refractivity contribution is 6.08. The van der Waals surface area contributed by atoms with Gasteiger partial charge in [0, 0.05) is 23.6 Å². The molecule has 1 aliphatic carbocycles. The summed E-state index contributed by atoms with van der Waals surface area (Å²) < 4.78 is 7.18. The summed E-state index contributed by atoms with van der Waals surface area (Å²) in [4.78, 5) is 13.0. The van der Waals surface area contributed by atoms with Crippen LogP contribution in [0.1, 0.15) is 54.4 Å². The third kappa shape index (κ3) is 3.90. The average Bonchev–Trinajstić information content (AvgIpc) is 2.81. The SMILES string of the molecule is Cc1cccc2c1c(C(=O)NCC1CCCCCC1)cn2CC1(O)COC1. The van der Waals surface area contributed by atoms with E-state index in [9.17, 15) is 9.90 Å². The number of aliphatic hydroxyl groups is 1. The number of rotatable bonds is 5. The lowest BCUT2D eigenvalue weighted by Gasteiger charge is -2.36. The number of hydrogen-bond acceptors (Lipinski definition) is 3. The second kappa shape index (κ2) is 7.64. The number of amides is 1. The average molecular weight is 370 g/mol. The predicted octanol–water partition coefficient (Wildman–Crippen LogP) is 3.41. The Morgan fingerprint density at radius 1 is 1.26 bits per heavy atom. The van der Waals surface area contributed by atoms with Crippen LogP contribution in [0.25, 0.3) is 10.9 Å². The van der Waals surface area contributed by atoms with Crippen LogP contribution in [0, 0.1) is 12.8 Å². The summed E-state index contributed by atoms with van der Waals surface area (Å²) in [5.41, 5.74) is 1.96. The molecular formula is C22H30N2O3. The summed E-state index contributed by atoms with van der Waals surface area (Å²) in [5.74, 6) is 0.591. The molecule has 1 saturated heterocycles. The first-order valence-electron chi connectivity index (χ1n) is 10.2. The van der Waals surface area contributed by atoms with E-state index >= 15 is 0 Å². The van der Waals surface area contributed by atoms with Crippen molar-refractivity contribution in [2.45, 2.75) is 57.6 Å². The van der Waals surface area contributed by atoms with Gasteiger partial charge in [-0.05, 0) is 37.3 Å². The molecule has 4 rings (SSSR count). The van der Waals surface area contributed by atoms with Gasteiger partial charge in [0.1, 0.15) is 5.60 Å². The number of nitrogens with zero attached hydrogens (tertiary/aromatic N) is 1. The van der Waals surface area contributed by atoms with Crippen molar-refractivity contribution >= 4 is 16.8 Å². The maximum atomic E-state index is 13.0. The molecule has 0 spiro atoms. The molecule has 1 aliphatic heterocycles. The Bertz CT molecular complexity index is 814. The van der Waals surface area contributed by atoms with Crippen LogP contribution in [0.5, 0.6) is 0 Å². The minimum atomic E-state index is -0.830. The molecule has 5 heteroatoms. The van der Waals surface area contributed by atoms with Crippen molar-refractivity contribution in [1.29, 1.82) is 0 Å². The largest absolute Gasteiger partial charge is 0.383 e. The molecular weight excluding hydrogens is 340 g/mol. The van der Waals surface area contributed by atoms with Crippen molar-refractivity contribution in [3.8, 4) is 0 Å². The Kier molecular flexibility index (Phi) is 5.24. The minimum Gasteiger partial charge on any atom is -0.383 e. The molecule has 2 heterocycles. The molecule has 5 nitrogen and oxygen atoms in total. The van der Waals surface area contributed by atoms with Crippen molar-refractivity contribution in [2.75, 3.05) is 19.8 Å². The van der Waals surface area contributed by atoms with E-state index < -0.39 is 5.60 Å². The predicted molar refractivity (Wildman–Crippen MR) is 106 cm³/mol. The standard InChI is InChI=1S/C22H30N2O3/c1-16-7-6-10-19-20(16)18(12-24(19)13-22(26)14-27-15-22)21(25)23-11-17-8-4-2-3-5-9-17/h6-7,10,12,17,26H,2-5,8-9,11,13-15H2,1H3,(H,23,25). The van der Waals surface area contributed by atoms with Crippen LogP contribution in [0.15, 0.2) is 24.4 Å². The molecule has 0 unspecified atom stereocenters. The number of ether oxygens (including phenoxy) is 1. The molecule has 2 fully saturated rings. The van der Waals surface area contributed by atoms with Gasteiger partial charge in [0.05, 0.1) is 25.3 Å². The number of carbonyl (C=O) groups is 1. The smallest absolute Gasteiger partial charge is 0.253 e. The van der Waals surface area contributed by atoms with E-state index in [1.807, 2.05) is 35.9 Å². The lowest BCUT2D eigenvalue weighted by molar-refractivity contribution is -0.184. The van der Waals surface area contributed by atoms with Gasteiger partial charge >= 0.3 is 0 Å². The second-order valence-electron chi connectivity index (χ2n) is 8.42. The molecule has 2 aromatic rings. The molecule has 1 saturated carbocycles. The van der Waals surface area contributed by atoms with Crippen LogP contribution in [-0.4, -0.2) is 40.9 Å². The molecule has 146 valence electrons. The number of benzene rings is 1. The first-order valence-corrected chi connectivity index (χ1v) is 10.2. The normalized spacial score (nSPS) is 20.2. The van der Waals surface area contributed by atoms with E-state index in [1.54, 1.807) is 0 Å². The summed E-state index contributed by atoms with van der Waals surface area (Å²) in [6, 6.07) is 6.06. The highest BCUT2D eigenvalue weighted by Gasteiger charge is 2.37. The Labute approximate surface area is 160 Å². The van der Waals surface area contributed by atoms with Gasteiger partial charge in [-0.1, -0.05) is 37.8 Å². The third-order valence-corrected chi connectivity index (χ3v) is 6.09. The first-order chi connectivity index (χ1) is 13.1. The number of fused-ring (bicyclic) bond motifs is 1. The Hall–Kier alpha value is -1.85. The van der Waals surface area contributed by atoms with Crippen molar-refractivity contribution in [3.63, 3.8) is 0 Å². The van der Waals surface area contributed by atoms with E-state index in [0.717, 1.165) is 23.0 Å². The second-order valence-corrected chi connectivity index (χ2v) is 8.42. The molecule has 2 aliphatic rings. The van der Waals surface area contributed by atoms with E-state index in [0.29, 0.717) is 31.2 Å². The van der Waals surface area contributed by atoms with E-state index in [-0.39, 0.29) is 5.91 Å².